The molecule has 0 aliphatic carbocycles. The zero-order valence-electron chi connectivity index (χ0n) is 13.6. The third-order valence-electron chi connectivity index (χ3n) is 3.85. The molecule has 0 unspecified atom stereocenters. The molecule has 0 spiro atoms. The minimum atomic E-state index is -0.0489. The number of H-pyrrole nitrogens is 1. The van der Waals surface area contributed by atoms with Crippen molar-refractivity contribution in [3.8, 4) is 16.9 Å². The molecule has 1 aromatic carbocycles. The third kappa shape index (κ3) is 2.88. The van der Waals surface area contributed by atoms with Gasteiger partial charge in [-0.1, -0.05) is 26.0 Å². The largest absolute Gasteiger partial charge is 0.497 e. The Morgan fingerprint density at radius 2 is 2.13 bits per heavy atom. The number of thiophene rings is 1. The summed E-state index contributed by atoms with van der Waals surface area (Å²) in [6, 6.07) is 7.85. The fourth-order valence-corrected chi connectivity index (χ4v) is 3.94. The third-order valence-corrected chi connectivity index (χ3v) is 5.08. The van der Waals surface area contributed by atoms with Crippen molar-refractivity contribution >= 4 is 21.6 Å². The van der Waals surface area contributed by atoms with Gasteiger partial charge in [-0.25, -0.2) is 4.98 Å². The monoisotopic (exact) mass is 328 g/mol. The van der Waals surface area contributed by atoms with E-state index < -0.39 is 0 Å². The van der Waals surface area contributed by atoms with Crippen molar-refractivity contribution in [3.63, 3.8) is 0 Å². The van der Waals surface area contributed by atoms with Crippen molar-refractivity contribution in [2.24, 2.45) is 0 Å². The quantitative estimate of drug-likeness (QED) is 0.764. The van der Waals surface area contributed by atoms with Crippen LogP contribution in [0.3, 0.4) is 0 Å². The molecule has 0 amide bonds. The SMILES string of the molecule is CCCc1nc2sc(CC)c(-c3cccc(OC)c3)c2c(=O)[nH]1. The van der Waals surface area contributed by atoms with Crippen molar-refractivity contribution in [3.05, 3.63) is 45.3 Å². The Bertz CT molecular complexity index is 896. The van der Waals surface area contributed by atoms with Crippen LogP contribution in [0.5, 0.6) is 5.75 Å². The summed E-state index contributed by atoms with van der Waals surface area (Å²) in [6.07, 6.45) is 2.62. The number of hydrogen-bond donors (Lipinski definition) is 1. The molecule has 0 saturated carbocycles. The second kappa shape index (κ2) is 6.54. The number of nitrogens with one attached hydrogen (secondary N) is 1. The Balaban J connectivity index is 2.28. The first-order valence-corrected chi connectivity index (χ1v) is 8.68. The van der Waals surface area contributed by atoms with Gasteiger partial charge < -0.3 is 9.72 Å². The first-order valence-electron chi connectivity index (χ1n) is 7.86. The average molecular weight is 328 g/mol. The van der Waals surface area contributed by atoms with Crippen LogP contribution in [0.25, 0.3) is 21.3 Å². The van der Waals surface area contributed by atoms with Gasteiger partial charge in [0, 0.05) is 16.9 Å². The van der Waals surface area contributed by atoms with E-state index in [4.69, 9.17) is 4.74 Å². The number of aromatic amines is 1. The molecule has 0 radical (unpaired) electrons. The fourth-order valence-electron chi connectivity index (χ4n) is 2.79. The van der Waals surface area contributed by atoms with Crippen LogP contribution in [0.2, 0.25) is 0 Å². The molecule has 4 nitrogen and oxygen atoms in total. The number of methoxy groups -OCH3 is 1. The van der Waals surface area contributed by atoms with Gasteiger partial charge in [-0.15, -0.1) is 11.3 Å². The van der Waals surface area contributed by atoms with E-state index in [2.05, 4.69) is 23.8 Å². The molecule has 0 fully saturated rings. The molecule has 23 heavy (non-hydrogen) atoms. The summed E-state index contributed by atoms with van der Waals surface area (Å²) in [5.74, 6) is 1.56. The summed E-state index contributed by atoms with van der Waals surface area (Å²) in [7, 11) is 1.65. The Hall–Kier alpha value is -2.14. The predicted molar refractivity (Wildman–Crippen MR) is 95.6 cm³/mol. The standard InChI is InChI=1S/C18H20N2O2S/c1-4-7-14-19-17(21)16-15(13(5-2)23-18(16)20-14)11-8-6-9-12(10-11)22-3/h6,8-10H,4-5,7H2,1-3H3,(H,19,20,21). The lowest BCUT2D eigenvalue weighted by molar-refractivity contribution is 0.415. The molecule has 1 N–H and O–H groups in total. The Morgan fingerprint density at radius 1 is 1.30 bits per heavy atom. The molecule has 0 bridgehead atoms. The van der Waals surface area contributed by atoms with Crippen molar-refractivity contribution in [1.29, 1.82) is 0 Å². The molecule has 0 saturated heterocycles. The molecule has 2 aromatic heterocycles. The molecule has 3 aromatic rings. The fraction of sp³-hybridized carbons (Fsp3) is 0.333. The second-order valence-corrected chi connectivity index (χ2v) is 6.51. The molecule has 0 atom stereocenters. The molecule has 0 aliphatic rings. The summed E-state index contributed by atoms with van der Waals surface area (Å²) in [6.45, 7) is 4.19. The van der Waals surface area contributed by atoms with Crippen molar-refractivity contribution < 1.29 is 4.74 Å². The number of aryl methyl sites for hydroxylation is 2. The number of ether oxygens (including phenoxy) is 1. The van der Waals surface area contributed by atoms with E-state index in [0.717, 1.165) is 46.8 Å². The predicted octanol–water partition coefficient (Wildman–Crippen LogP) is 4.18. The minimum absolute atomic E-state index is 0.0489. The number of aromatic nitrogens is 2. The lowest BCUT2D eigenvalue weighted by atomic mass is 10.0. The van der Waals surface area contributed by atoms with E-state index in [0.29, 0.717) is 5.39 Å². The van der Waals surface area contributed by atoms with E-state index in [-0.39, 0.29) is 5.56 Å². The van der Waals surface area contributed by atoms with E-state index in [1.165, 1.54) is 4.88 Å². The van der Waals surface area contributed by atoms with Crippen molar-refractivity contribution in [2.45, 2.75) is 33.1 Å². The van der Waals surface area contributed by atoms with E-state index in [1.54, 1.807) is 18.4 Å². The zero-order valence-corrected chi connectivity index (χ0v) is 14.4. The topological polar surface area (TPSA) is 55.0 Å². The maximum absolute atomic E-state index is 12.6. The molecule has 3 rings (SSSR count). The summed E-state index contributed by atoms with van der Waals surface area (Å²) < 4.78 is 5.32. The minimum Gasteiger partial charge on any atom is -0.497 e. The maximum Gasteiger partial charge on any atom is 0.260 e. The summed E-state index contributed by atoms with van der Waals surface area (Å²) in [4.78, 5) is 22.2. The lowest BCUT2D eigenvalue weighted by Crippen LogP contribution is -2.11. The highest BCUT2D eigenvalue weighted by atomic mass is 32.1. The van der Waals surface area contributed by atoms with Gasteiger partial charge in [-0.3, -0.25) is 4.79 Å². The molecule has 120 valence electrons. The van der Waals surface area contributed by atoms with Crippen molar-refractivity contribution in [1.82, 2.24) is 9.97 Å². The highest BCUT2D eigenvalue weighted by Gasteiger charge is 2.18. The Labute approximate surface area is 139 Å². The van der Waals surface area contributed by atoms with E-state index in [1.807, 2.05) is 24.3 Å². The van der Waals surface area contributed by atoms with Crippen LogP contribution in [0.15, 0.2) is 29.1 Å². The van der Waals surface area contributed by atoms with Crippen LogP contribution < -0.4 is 10.3 Å². The van der Waals surface area contributed by atoms with Crippen LogP contribution in [0, 0.1) is 0 Å². The Kier molecular flexibility index (Phi) is 4.48. The van der Waals surface area contributed by atoms with Crippen molar-refractivity contribution in [2.75, 3.05) is 7.11 Å². The number of rotatable bonds is 5. The van der Waals surface area contributed by atoms with Crippen LogP contribution in [0.4, 0.5) is 0 Å². The second-order valence-electron chi connectivity index (χ2n) is 5.43. The van der Waals surface area contributed by atoms with Crippen LogP contribution >= 0.6 is 11.3 Å². The maximum atomic E-state index is 12.6. The highest BCUT2D eigenvalue weighted by molar-refractivity contribution is 7.19. The average Bonchev–Trinajstić information content (AvgIpc) is 2.94. The normalized spacial score (nSPS) is 11.1. The van der Waals surface area contributed by atoms with Gasteiger partial charge in [-0.05, 0) is 30.5 Å². The van der Waals surface area contributed by atoms with Crippen LogP contribution in [0.1, 0.15) is 31.0 Å². The zero-order chi connectivity index (χ0) is 16.4. The summed E-state index contributed by atoms with van der Waals surface area (Å²) in [5, 5.41) is 0.694. The molecular weight excluding hydrogens is 308 g/mol. The van der Waals surface area contributed by atoms with Crippen LogP contribution in [-0.2, 0) is 12.8 Å². The smallest absolute Gasteiger partial charge is 0.260 e. The molecule has 5 heteroatoms. The summed E-state index contributed by atoms with van der Waals surface area (Å²) >= 11 is 1.61. The van der Waals surface area contributed by atoms with E-state index in [9.17, 15) is 4.79 Å². The van der Waals surface area contributed by atoms with Gasteiger partial charge in [0.15, 0.2) is 0 Å². The number of benzene rings is 1. The summed E-state index contributed by atoms with van der Waals surface area (Å²) in [5.41, 5.74) is 1.94. The number of fused-ring (bicyclic) bond motifs is 1. The highest BCUT2D eigenvalue weighted by Crippen LogP contribution is 2.37. The van der Waals surface area contributed by atoms with E-state index >= 15 is 0 Å². The van der Waals surface area contributed by atoms with Gasteiger partial charge in [0.1, 0.15) is 16.4 Å². The first kappa shape index (κ1) is 15.7. The van der Waals surface area contributed by atoms with Gasteiger partial charge >= 0.3 is 0 Å². The molecule has 0 aliphatic heterocycles. The molecular formula is C18H20N2O2S. The van der Waals surface area contributed by atoms with Gasteiger partial charge in [0.05, 0.1) is 12.5 Å². The number of hydrogen-bond acceptors (Lipinski definition) is 4. The van der Waals surface area contributed by atoms with Gasteiger partial charge in [-0.2, -0.15) is 0 Å². The van der Waals surface area contributed by atoms with Gasteiger partial charge in [0.2, 0.25) is 0 Å². The van der Waals surface area contributed by atoms with Gasteiger partial charge in [0.25, 0.3) is 5.56 Å². The number of nitrogens with zero attached hydrogens (tertiary/aromatic N) is 1. The lowest BCUT2D eigenvalue weighted by Gasteiger charge is -2.06. The van der Waals surface area contributed by atoms with Crippen LogP contribution in [-0.4, -0.2) is 17.1 Å². The first-order chi connectivity index (χ1) is 11.2. The Morgan fingerprint density at radius 3 is 2.83 bits per heavy atom. The molecule has 2 heterocycles.